The van der Waals surface area contributed by atoms with Gasteiger partial charge in [-0.3, -0.25) is 9.59 Å². The first kappa shape index (κ1) is 21.5. The predicted octanol–water partition coefficient (Wildman–Crippen LogP) is 2.45. The number of carbonyl (C=O) groups is 3. The highest BCUT2D eigenvalue weighted by molar-refractivity contribution is 7.98. The van der Waals surface area contributed by atoms with E-state index in [-0.39, 0.29) is 12.7 Å². The van der Waals surface area contributed by atoms with Crippen molar-refractivity contribution in [2.75, 3.05) is 30.7 Å². The van der Waals surface area contributed by atoms with E-state index in [9.17, 15) is 14.4 Å². The van der Waals surface area contributed by atoms with Gasteiger partial charge >= 0.3 is 5.97 Å². The fraction of sp³-hybridized carbons (Fsp3) is 0.286. The topological polar surface area (TPSA) is 103 Å². The zero-order chi connectivity index (χ0) is 21.3. The molecular formula is C21H22N2O6S. The Morgan fingerprint density at radius 1 is 1.10 bits per heavy atom. The number of hydrogen-bond acceptors (Lipinski definition) is 7. The second-order valence-electron chi connectivity index (χ2n) is 6.40. The molecule has 0 aliphatic carbocycles. The lowest BCUT2D eigenvalue weighted by atomic mass is 10.1. The van der Waals surface area contributed by atoms with E-state index in [2.05, 4.69) is 10.6 Å². The Balaban J connectivity index is 1.53. The van der Waals surface area contributed by atoms with Crippen molar-refractivity contribution in [3.8, 4) is 11.5 Å². The Morgan fingerprint density at radius 2 is 1.87 bits per heavy atom. The molecule has 8 nitrogen and oxygen atoms in total. The van der Waals surface area contributed by atoms with E-state index < -0.39 is 24.5 Å². The highest BCUT2D eigenvalue weighted by Crippen LogP contribution is 2.34. The third kappa shape index (κ3) is 5.90. The second kappa shape index (κ2) is 10.5. The Labute approximate surface area is 178 Å². The number of esters is 1. The molecule has 3 rings (SSSR count). The Kier molecular flexibility index (Phi) is 7.56. The number of anilines is 1. The van der Waals surface area contributed by atoms with Crippen LogP contribution in [0.15, 0.2) is 48.5 Å². The third-order valence-electron chi connectivity index (χ3n) is 4.24. The highest BCUT2D eigenvalue weighted by atomic mass is 32.2. The first-order chi connectivity index (χ1) is 14.6. The summed E-state index contributed by atoms with van der Waals surface area (Å²) in [4.78, 5) is 37.0. The fourth-order valence-corrected chi connectivity index (χ4v) is 3.20. The molecule has 2 aromatic carbocycles. The van der Waals surface area contributed by atoms with Gasteiger partial charge in [-0.15, -0.1) is 0 Å². The lowest BCUT2D eigenvalue weighted by molar-refractivity contribution is -0.149. The summed E-state index contributed by atoms with van der Waals surface area (Å²) in [6, 6.07) is 12.7. The van der Waals surface area contributed by atoms with Crippen molar-refractivity contribution in [1.82, 2.24) is 5.32 Å². The summed E-state index contributed by atoms with van der Waals surface area (Å²) in [5.41, 5.74) is 0.941. The van der Waals surface area contributed by atoms with Crippen molar-refractivity contribution in [3.63, 3.8) is 0 Å². The summed E-state index contributed by atoms with van der Waals surface area (Å²) in [6.45, 7) is -0.333. The van der Waals surface area contributed by atoms with E-state index in [1.54, 1.807) is 60.3 Å². The van der Waals surface area contributed by atoms with E-state index in [1.807, 2.05) is 6.26 Å². The Hall–Kier alpha value is -3.20. The average molecular weight is 430 g/mol. The number of ether oxygens (including phenoxy) is 3. The maximum absolute atomic E-state index is 12.5. The molecule has 2 N–H and O–H groups in total. The number of hydrogen-bond donors (Lipinski definition) is 2. The normalized spacial score (nSPS) is 12.7. The number of benzene rings is 2. The van der Waals surface area contributed by atoms with Crippen molar-refractivity contribution >= 4 is 35.2 Å². The van der Waals surface area contributed by atoms with Gasteiger partial charge in [0.15, 0.2) is 18.1 Å². The molecule has 1 heterocycles. The van der Waals surface area contributed by atoms with Crippen molar-refractivity contribution in [3.05, 3.63) is 54.1 Å². The van der Waals surface area contributed by atoms with Crippen LogP contribution in [0.4, 0.5) is 5.69 Å². The van der Waals surface area contributed by atoms with E-state index >= 15 is 0 Å². The molecule has 1 aliphatic heterocycles. The van der Waals surface area contributed by atoms with Crippen LogP contribution in [0, 0.1) is 0 Å². The van der Waals surface area contributed by atoms with Gasteiger partial charge in [-0.05, 0) is 42.7 Å². The van der Waals surface area contributed by atoms with Crippen molar-refractivity contribution < 1.29 is 28.6 Å². The van der Waals surface area contributed by atoms with E-state index in [4.69, 9.17) is 14.2 Å². The summed E-state index contributed by atoms with van der Waals surface area (Å²) in [6.07, 6.45) is 2.29. The van der Waals surface area contributed by atoms with Crippen LogP contribution in [0.2, 0.25) is 0 Å². The summed E-state index contributed by atoms with van der Waals surface area (Å²) in [5.74, 6) is 0.256. The maximum Gasteiger partial charge on any atom is 0.329 e. The molecule has 30 heavy (non-hydrogen) atoms. The lowest BCUT2D eigenvalue weighted by Crippen LogP contribution is -2.43. The largest absolute Gasteiger partial charge is 0.454 e. The summed E-state index contributed by atoms with van der Waals surface area (Å²) >= 11 is 1.55. The van der Waals surface area contributed by atoms with Crippen LogP contribution in [-0.4, -0.2) is 49.2 Å². The van der Waals surface area contributed by atoms with Crippen molar-refractivity contribution in [2.24, 2.45) is 0 Å². The molecule has 0 bridgehead atoms. The zero-order valence-electron chi connectivity index (χ0n) is 16.4. The van der Waals surface area contributed by atoms with Gasteiger partial charge < -0.3 is 24.8 Å². The molecule has 0 radical (unpaired) electrons. The van der Waals surface area contributed by atoms with Gasteiger partial charge in [0.1, 0.15) is 6.04 Å². The number of carbonyl (C=O) groups excluding carboxylic acids is 3. The monoisotopic (exact) mass is 430 g/mol. The molecule has 2 amide bonds. The summed E-state index contributed by atoms with van der Waals surface area (Å²) < 4.78 is 15.6. The van der Waals surface area contributed by atoms with Gasteiger partial charge in [-0.1, -0.05) is 18.2 Å². The minimum Gasteiger partial charge on any atom is -0.454 e. The molecule has 2 aromatic rings. The molecule has 0 fully saturated rings. The minimum atomic E-state index is -0.844. The van der Waals surface area contributed by atoms with Crippen LogP contribution in [0.25, 0.3) is 0 Å². The molecule has 0 aromatic heterocycles. The van der Waals surface area contributed by atoms with Crippen LogP contribution < -0.4 is 20.1 Å². The molecule has 0 saturated heterocycles. The van der Waals surface area contributed by atoms with Gasteiger partial charge in [0.05, 0.1) is 0 Å². The molecular weight excluding hydrogens is 408 g/mol. The molecule has 0 spiro atoms. The SMILES string of the molecule is CSCCC(NC(=O)c1ccccc1)C(=O)OCC(=O)Nc1ccc2c(c1)OCO2. The number of rotatable bonds is 9. The van der Waals surface area contributed by atoms with Crippen molar-refractivity contribution in [2.45, 2.75) is 12.5 Å². The minimum absolute atomic E-state index is 0.135. The Bertz CT molecular complexity index is 906. The Morgan fingerprint density at radius 3 is 2.63 bits per heavy atom. The van der Waals surface area contributed by atoms with Crippen LogP contribution >= 0.6 is 11.8 Å². The standard InChI is InChI=1S/C21H22N2O6S/c1-30-10-9-16(23-20(25)14-5-3-2-4-6-14)21(26)27-12-19(24)22-15-7-8-17-18(11-15)29-13-28-17/h2-8,11,16H,9-10,12-13H2,1H3,(H,22,24)(H,23,25). The van der Waals surface area contributed by atoms with Crippen LogP contribution in [0.5, 0.6) is 11.5 Å². The molecule has 1 unspecified atom stereocenters. The van der Waals surface area contributed by atoms with E-state index in [0.717, 1.165) is 0 Å². The van der Waals surface area contributed by atoms with E-state index in [1.165, 1.54) is 0 Å². The molecule has 0 saturated carbocycles. The predicted molar refractivity (Wildman–Crippen MR) is 113 cm³/mol. The number of thioether (sulfide) groups is 1. The first-order valence-electron chi connectivity index (χ1n) is 9.28. The first-order valence-corrected chi connectivity index (χ1v) is 10.7. The second-order valence-corrected chi connectivity index (χ2v) is 7.38. The quantitative estimate of drug-likeness (QED) is 0.589. The highest BCUT2D eigenvalue weighted by Gasteiger charge is 2.23. The van der Waals surface area contributed by atoms with Gasteiger partial charge in [0.2, 0.25) is 6.79 Å². The molecule has 158 valence electrons. The molecule has 1 aliphatic rings. The van der Waals surface area contributed by atoms with Crippen LogP contribution in [-0.2, 0) is 14.3 Å². The number of fused-ring (bicyclic) bond motifs is 1. The van der Waals surface area contributed by atoms with Crippen LogP contribution in [0.3, 0.4) is 0 Å². The third-order valence-corrected chi connectivity index (χ3v) is 4.88. The summed E-state index contributed by atoms with van der Waals surface area (Å²) in [5, 5.41) is 5.31. The smallest absolute Gasteiger partial charge is 0.329 e. The van der Waals surface area contributed by atoms with Gasteiger partial charge in [-0.25, -0.2) is 4.79 Å². The zero-order valence-corrected chi connectivity index (χ0v) is 17.2. The van der Waals surface area contributed by atoms with Crippen molar-refractivity contribution in [1.29, 1.82) is 0 Å². The van der Waals surface area contributed by atoms with Gasteiger partial charge in [0, 0.05) is 17.3 Å². The number of amides is 2. The molecule has 9 heteroatoms. The summed E-state index contributed by atoms with van der Waals surface area (Å²) in [7, 11) is 0. The molecule has 1 atom stereocenters. The van der Waals surface area contributed by atoms with Gasteiger partial charge in [-0.2, -0.15) is 11.8 Å². The van der Waals surface area contributed by atoms with Crippen LogP contribution in [0.1, 0.15) is 16.8 Å². The number of nitrogens with one attached hydrogen (secondary N) is 2. The lowest BCUT2D eigenvalue weighted by Gasteiger charge is -2.17. The average Bonchev–Trinajstić information content (AvgIpc) is 3.23. The maximum atomic E-state index is 12.5. The fourth-order valence-electron chi connectivity index (χ4n) is 2.72. The van der Waals surface area contributed by atoms with E-state index in [0.29, 0.717) is 34.9 Å². The van der Waals surface area contributed by atoms with Gasteiger partial charge in [0.25, 0.3) is 11.8 Å².